The van der Waals surface area contributed by atoms with Crippen molar-refractivity contribution in [1.82, 2.24) is 5.32 Å². The van der Waals surface area contributed by atoms with Gasteiger partial charge in [-0.05, 0) is 78.2 Å². The molecule has 0 amide bonds. The zero-order valence-electron chi connectivity index (χ0n) is 11.6. The first-order valence-electron chi connectivity index (χ1n) is 6.87. The fourth-order valence-corrected chi connectivity index (χ4v) is 3.28. The smallest absolute Gasteiger partial charge is 0.0410 e. The van der Waals surface area contributed by atoms with E-state index >= 15 is 0 Å². The zero-order chi connectivity index (χ0) is 14.4. The van der Waals surface area contributed by atoms with Crippen LogP contribution in [0.3, 0.4) is 0 Å². The van der Waals surface area contributed by atoms with E-state index in [1.165, 1.54) is 14.7 Å². The van der Waals surface area contributed by atoms with Gasteiger partial charge in [-0.25, -0.2) is 0 Å². The Bertz CT molecular complexity index is 542. The Labute approximate surface area is 139 Å². The third kappa shape index (κ3) is 4.47. The molecule has 1 atom stereocenters. The first kappa shape index (κ1) is 15.8. The van der Waals surface area contributed by atoms with Crippen molar-refractivity contribution >= 4 is 34.2 Å². The van der Waals surface area contributed by atoms with Crippen LogP contribution in [-0.4, -0.2) is 7.05 Å². The van der Waals surface area contributed by atoms with Gasteiger partial charge in [0.1, 0.15) is 0 Å². The quantitative estimate of drug-likeness (QED) is 0.656. The highest BCUT2D eigenvalue weighted by atomic mass is 127. The largest absolute Gasteiger partial charge is 0.313 e. The fourth-order valence-electron chi connectivity index (χ4n) is 2.39. The summed E-state index contributed by atoms with van der Waals surface area (Å²) in [4.78, 5) is 0. The zero-order valence-corrected chi connectivity index (χ0v) is 14.5. The van der Waals surface area contributed by atoms with E-state index in [-0.39, 0.29) is 0 Å². The van der Waals surface area contributed by atoms with E-state index in [2.05, 4.69) is 70.4 Å². The second-order valence-corrected chi connectivity index (χ2v) is 6.48. The van der Waals surface area contributed by atoms with Crippen LogP contribution in [0.4, 0.5) is 0 Å². The van der Waals surface area contributed by atoms with Crippen molar-refractivity contribution in [3.63, 3.8) is 0 Å². The van der Waals surface area contributed by atoms with Crippen molar-refractivity contribution in [2.45, 2.75) is 25.3 Å². The summed E-state index contributed by atoms with van der Waals surface area (Å²) < 4.78 is 1.27. The molecule has 20 heavy (non-hydrogen) atoms. The van der Waals surface area contributed by atoms with Gasteiger partial charge in [0.25, 0.3) is 0 Å². The van der Waals surface area contributed by atoms with E-state index in [4.69, 9.17) is 11.6 Å². The number of halogens is 2. The monoisotopic (exact) mass is 399 g/mol. The maximum absolute atomic E-state index is 6.12. The van der Waals surface area contributed by atoms with Gasteiger partial charge in [0, 0.05) is 14.6 Å². The van der Waals surface area contributed by atoms with E-state index < -0.39 is 0 Å². The van der Waals surface area contributed by atoms with Crippen LogP contribution in [-0.2, 0) is 6.42 Å². The molecule has 0 heterocycles. The van der Waals surface area contributed by atoms with E-state index in [1.807, 2.05) is 13.1 Å². The molecule has 0 aromatic heterocycles. The van der Waals surface area contributed by atoms with Gasteiger partial charge in [-0.2, -0.15) is 0 Å². The van der Waals surface area contributed by atoms with Gasteiger partial charge in [-0.3, -0.25) is 0 Å². The third-order valence-electron chi connectivity index (χ3n) is 3.48. The molecule has 0 spiro atoms. The normalized spacial score (nSPS) is 12.3. The Morgan fingerprint density at radius 1 is 1.15 bits per heavy atom. The van der Waals surface area contributed by atoms with Crippen molar-refractivity contribution in [1.29, 1.82) is 0 Å². The molecule has 2 aromatic carbocycles. The van der Waals surface area contributed by atoms with Crippen LogP contribution in [0.5, 0.6) is 0 Å². The molecule has 2 aromatic rings. The number of benzene rings is 2. The number of nitrogens with one attached hydrogen (secondary N) is 1. The number of hydrogen-bond donors (Lipinski definition) is 1. The van der Waals surface area contributed by atoms with Crippen LogP contribution in [0.15, 0.2) is 48.5 Å². The summed E-state index contributed by atoms with van der Waals surface area (Å²) in [7, 11) is 2.02. The average molecular weight is 400 g/mol. The van der Waals surface area contributed by atoms with Crippen LogP contribution in [0, 0.1) is 3.57 Å². The van der Waals surface area contributed by atoms with Crippen molar-refractivity contribution in [2.24, 2.45) is 0 Å². The summed E-state index contributed by atoms with van der Waals surface area (Å²) in [5, 5.41) is 4.22. The van der Waals surface area contributed by atoms with Crippen molar-refractivity contribution < 1.29 is 0 Å². The summed E-state index contributed by atoms with van der Waals surface area (Å²) in [6.07, 6.45) is 3.40. The van der Waals surface area contributed by atoms with Crippen LogP contribution >= 0.6 is 34.2 Å². The SMILES string of the molecule is CNC(CCCc1ccccc1)c1cc(Cl)ccc1I. The second-order valence-electron chi connectivity index (χ2n) is 4.88. The molecule has 106 valence electrons. The Balaban J connectivity index is 1.97. The maximum Gasteiger partial charge on any atom is 0.0410 e. The molecule has 0 aliphatic rings. The highest BCUT2D eigenvalue weighted by molar-refractivity contribution is 14.1. The van der Waals surface area contributed by atoms with Gasteiger partial charge >= 0.3 is 0 Å². The average Bonchev–Trinajstić information content (AvgIpc) is 2.48. The van der Waals surface area contributed by atoms with E-state index in [9.17, 15) is 0 Å². The highest BCUT2D eigenvalue weighted by Crippen LogP contribution is 2.27. The van der Waals surface area contributed by atoms with Crippen LogP contribution in [0.1, 0.15) is 30.0 Å². The third-order valence-corrected chi connectivity index (χ3v) is 4.70. The summed E-state index contributed by atoms with van der Waals surface area (Å²) in [6.45, 7) is 0. The number of hydrogen-bond acceptors (Lipinski definition) is 1. The van der Waals surface area contributed by atoms with Crippen LogP contribution in [0.2, 0.25) is 5.02 Å². The lowest BCUT2D eigenvalue weighted by Gasteiger charge is -2.18. The number of rotatable bonds is 6. The van der Waals surface area contributed by atoms with Gasteiger partial charge in [0.15, 0.2) is 0 Å². The molecule has 0 bridgehead atoms. The van der Waals surface area contributed by atoms with E-state index in [1.54, 1.807) is 0 Å². The van der Waals surface area contributed by atoms with Crippen molar-refractivity contribution in [3.05, 3.63) is 68.3 Å². The van der Waals surface area contributed by atoms with Gasteiger partial charge in [-0.1, -0.05) is 41.9 Å². The summed E-state index contributed by atoms with van der Waals surface area (Å²) in [6, 6.07) is 17.1. The first-order chi connectivity index (χ1) is 9.70. The van der Waals surface area contributed by atoms with Crippen molar-refractivity contribution in [2.75, 3.05) is 7.05 Å². The minimum Gasteiger partial charge on any atom is -0.313 e. The molecular weight excluding hydrogens is 381 g/mol. The Morgan fingerprint density at radius 3 is 2.60 bits per heavy atom. The Kier molecular flexibility index (Phi) is 6.33. The topological polar surface area (TPSA) is 12.0 Å². The minimum absolute atomic E-state index is 0.365. The molecular formula is C17H19ClIN. The maximum atomic E-state index is 6.12. The fraction of sp³-hybridized carbons (Fsp3) is 0.294. The van der Waals surface area contributed by atoms with E-state index in [0.717, 1.165) is 24.3 Å². The first-order valence-corrected chi connectivity index (χ1v) is 8.32. The molecule has 1 nitrogen and oxygen atoms in total. The van der Waals surface area contributed by atoms with Crippen LogP contribution in [0.25, 0.3) is 0 Å². The lowest BCUT2D eigenvalue weighted by Crippen LogP contribution is -2.17. The van der Waals surface area contributed by atoms with Crippen LogP contribution < -0.4 is 5.32 Å². The minimum atomic E-state index is 0.365. The standard InChI is InChI=1S/C17H19ClIN/c1-20-17(15-12-14(18)10-11-16(15)19)9-5-8-13-6-3-2-4-7-13/h2-4,6-7,10-12,17,20H,5,8-9H2,1H3. The molecule has 0 aliphatic carbocycles. The Morgan fingerprint density at radius 2 is 1.90 bits per heavy atom. The predicted octanol–water partition coefficient (Wildman–Crippen LogP) is 5.23. The van der Waals surface area contributed by atoms with Crippen molar-refractivity contribution in [3.8, 4) is 0 Å². The molecule has 0 aliphatic heterocycles. The summed E-state index contributed by atoms with van der Waals surface area (Å²) >= 11 is 8.50. The predicted molar refractivity (Wildman–Crippen MR) is 95.3 cm³/mol. The molecule has 0 fully saturated rings. The van der Waals surface area contributed by atoms with Gasteiger partial charge in [0.2, 0.25) is 0 Å². The van der Waals surface area contributed by atoms with Gasteiger partial charge in [0.05, 0.1) is 0 Å². The molecule has 0 radical (unpaired) electrons. The Hall–Kier alpha value is -0.580. The molecule has 1 N–H and O–H groups in total. The summed E-state index contributed by atoms with van der Waals surface area (Å²) in [5.74, 6) is 0. The van der Waals surface area contributed by atoms with E-state index in [0.29, 0.717) is 6.04 Å². The van der Waals surface area contributed by atoms with Gasteiger partial charge < -0.3 is 5.32 Å². The second kappa shape index (κ2) is 8.01. The summed E-state index contributed by atoms with van der Waals surface area (Å²) in [5.41, 5.74) is 2.71. The molecule has 0 saturated heterocycles. The lowest BCUT2D eigenvalue weighted by molar-refractivity contribution is 0.525. The molecule has 0 saturated carbocycles. The highest BCUT2D eigenvalue weighted by Gasteiger charge is 2.12. The van der Waals surface area contributed by atoms with Gasteiger partial charge in [-0.15, -0.1) is 0 Å². The number of aryl methyl sites for hydroxylation is 1. The molecule has 2 rings (SSSR count). The lowest BCUT2D eigenvalue weighted by atomic mass is 9.99. The molecule has 3 heteroatoms. The molecule has 1 unspecified atom stereocenters.